The van der Waals surface area contributed by atoms with Gasteiger partial charge in [0.1, 0.15) is 32.2 Å². The number of hydrogen-bond acceptors (Lipinski definition) is 2. The Balaban J connectivity index is 1.71. The van der Waals surface area contributed by atoms with Crippen LogP contribution in [0.1, 0.15) is 61.5 Å². The molecule has 1 aromatic heterocycles. The fourth-order valence-electron chi connectivity index (χ4n) is 4.35. The van der Waals surface area contributed by atoms with Gasteiger partial charge >= 0.3 is 0 Å². The van der Waals surface area contributed by atoms with Crippen molar-refractivity contribution in [2.24, 2.45) is 0 Å². The van der Waals surface area contributed by atoms with Crippen molar-refractivity contribution in [3.63, 3.8) is 0 Å². The average Bonchev–Trinajstić information content (AvgIpc) is 3.22. The molecule has 0 aliphatic carbocycles. The van der Waals surface area contributed by atoms with Crippen molar-refractivity contribution in [1.29, 1.82) is 0 Å². The van der Waals surface area contributed by atoms with E-state index >= 15 is 0 Å². The van der Waals surface area contributed by atoms with E-state index in [1.54, 1.807) is 9.80 Å². The van der Waals surface area contributed by atoms with Crippen molar-refractivity contribution in [2.45, 2.75) is 52.1 Å². The Labute approximate surface area is 179 Å². The van der Waals surface area contributed by atoms with Gasteiger partial charge in [-0.3, -0.25) is 4.79 Å². The van der Waals surface area contributed by atoms with Crippen molar-refractivity contribution < 1.29 is 14.6 Å². The maximum absolute atomic E-state index is 13.0. The Morgan fingerprint density at radius 3 is 2.28 bits per heavy atom. The molecular formula is C24H37N3OS+2. The van der Waals surface area contributed by atoms with Crippen LogP contribution >= 0.6 is 11.3 Å². The van der Waals surface area contributed by atoms with E-state index in [9.17, 15) is 4.79 Å². The molecule has 1 aromatic carbocycles. The summed E-state index contributed by atoms with van der Waals surface area (Å²) in [5.74, 6) is 0.0248. The second kappa shape index (κ2) is 9.41. The predicted molar refractivity (Wildman–Crippen MR) is 121 cm³/mol. The molecule has 3 N–H and O–H groups in total. The summed E-state index contributed by atoms with van der Waals surface area (Å²) in [5, 5.41) is 5.45. The maximum Gasteiger partial charge on any atom is 0.251 e. The molecule has 0 unspecified atom stereocenters. The summed E-state index contributed by atoms with van der Waals surface area (Å²) in [4.78, 5) is 17.6. The van der Waals surface area contributed by atoms with E-state index in [1.807, 2.05) is 23.5 Å². The number of thiophene rings is 1. The van der Waals surface area contributed by atoms with Crippen molar-refractivity contribution in [3.8, 4) is 0 Å². The Kier molecular flexibility index (Phi) is 7.14. The number of rotatable bonds is 6. The van der Waals surface area contributed by atoms with Gasteiger partial charge in [0.2, 0.25) is 0 Å². The van der Waals surface area contributed by atoms with Crippen LogP contribution in [-0.4, -0.2) is 44.7 Å². The lowest BCUT2D eigenvalue weighted by Crippen LogP contribution is -3.28. The fourth-order valence-corrected chi connectivity index (χ4v) is 5.34. The second-order valence-electron chi connectivity index (χ2n) is 9.34. The van der Waals surface area contributed by atoms with Crippen molar-refractivity contribution in [1.82, 2.24) is 5.32 Å². The maximum atomic E-state index is 13.0. The monoisotopic (exact) mass is 415 g/mol. The quantitative estimate of drug-likeness (QED) is 0.660. The average molecular weight is 416 g/mol. The highest BCUT2D eigenvalue weighted by Crippen LogP contribution is 2.23. The van der Waals surface area contributed by atoms with Crippen molar-refractivity contribution in [2.75, 3.05) is 32.7 Å². The Morgan fingerprint density at radius 2 is 1.76 bits per heavy atom. The molecule has 2 heterocycles. The smallest absolute Gasteiger partial charge is 0.251 e. The number of benzene rings is 1. The molecule has 5 heteroatoms. The standard InChI is InChI=1S/C24H35N3OS/c1-6-26-13-15-27(16-14-26)22(21-8-7-17-29-21)18(2)25-23(28)19-9-11-20(12-10-19)24(3,4)5/h7-12,17-18,22H,6,13-16H2,1-5H3,(H,25,28)/p+2/t18-,22+/m1/s1. The topological polar surface area (TPSA) is 38.0 Å². The lowest BCUT2D eigenvalue weighted by Gasteiger charge is -2.36. The third kappa shape index (κ3) is 5.47. The number of carbonyl (C=O) groups excluding carboxylic acids is 1. The molecule has 0 spiro atoms. The molecule has 0 saturated carbocycles. The number of piperazine rings is 1. The van der Waals surface area contributed by atoms with Gasteiger partial charge in [-0.1, -0.05) is 39.0 Å². The molecule has 1 saturated heterocycles. The van der Waals surface area contributed by atoms with Crippen LogP contribution in [0.5, 0.6) is 0 Å². The first kappa shape index (κ1) is 22.0. The molecule has 1 aliphatic heterocycles. The van der Waals surface area contributed by atoms with Crippen molar-refractivity contribution >= 4 is 17.2 Å². The first-order valence-corrected chi connectivity index (χ1v) is 11.8. The third-order valence-electron chi connectivity index (χ3n) is 6.26. The highest BCUT2D eigenvalue weighted by Gasteiger charge is 2.35. The normalized spacial score (nSPS) is 22.1. The van der Waals surface area contributed by atoms with Gasteiger partial charge < -0.3 is 15.1 Å². The van der Waals surface area contributed by atoms with Gasteiger partial charge in [0.05, 0.1) is 17.5 Å². The van der Waals surface area contributed by atoms with Gasteiger partial charge in [-0.15, -0.1) is 11.3 Å². The number of likely N-dealkylation sites (N-methyl/N-ethyl adjacent to an activating group) is 1. The highest BCUT2D eigenvalue weighted by atomic mass is 32.1. The SMILES string of the molecule is CC[NH+]1CC[NH+]([C@H](c2cccs2)[C@@H](C)NC(=O)c2ccc(C(C)(C)C)cc2)CC1. The van der Waals surface area contributed by atoms with Gasteiger partial charge in [-0.05, 0) is 48.4 Å². The minimum Gasteiger partial charge on any atom is -0.343 e. The highest BCUT2D eigenvalue weighted by molar-refractivity contribution is 7.10. The summed E-state index contributed by atoms with van der Waals surface area (Å²) in [6.45, 7) is 17.0. The minimum atomic E-state index is 0.0248. The van der Waals surface area contributed by atoms with Crippen LogP contribution in [0.25, 0.3) is 0 Å². The molecule has 2 aromatic rings. The Bertz CT molecular complexity index is 771. The van der Waals surface area contributed by atoms with E-state index in [0.717, 1.165) is 18.7 Å². The molecule has 1 amide bonds. The lowest BCUT2D eigenvalue weighted by molar-refractivity contribution is -1.03. The number of carbonyl (C=O) groups is 1. The Morgan fingerprint density at radius 1 is 1.10 bits per heavy atom. The molecule has 1 aliphatic rings. The van der Waals surface area contributed by atoms with Gasteiger partial charge in [0, 0.05) is 5.56 Å². The van der Waals surface area contributed by atoms with Crippen LogP contribution < -0.4 is 15.1 Å². The number of nitrogens with one attached hydrogen (secondary N) is 3. The molecule has 158 valence electrons. The van der Waals surface area contributed by atoms with Crippen LogP contribution in [-0.2, 0) is 5.41 Å². The predicted octanol–water partition coefficient (Wildman–Crippen LogP) is 1.71. The van der Waals surface area contributed by atoms with Gasteiger partial charge in [-0.25, -0.2) is 0 Å². The van der Waals surface area contributed by atoms with Crippen LogP contribution in [0, 0.1) is 0 Å². The zero-order valence-corrected chi connectivity index (χ0v) is 19.4. The summed E-state index contributed by atoms with van der Waals surface area (Å²) in [7, 11) is 0. The molecule has 4 nitrogen and oxygen atoms in total. The van der Waals surface area contributed by atoms with Gasteiger partial charge in [0.25, 0.3) is 5.91 Å². The van der Waals surface area contributed by atoms with E-state index in [2.05, 4.69) is 69.6 Å². The second-order valence-corrected chi connectivity index (χ2v) is 10.3. The van der Waals surface area contributed by atoms with Gasteiger partial charge in [0.15, 0.2) is 0 Å². The van der Waals surface area contributed by atoms with Gasteiger partial charge in [-0.2, -0.15) is 0 Å². The summed E-state index contributed by atoms with van der Waals surface area (Å²) in [6, 6.07) is 12.8. The van der Waals surface area contributed by atoms with E-state index in [1.165, 1.54) is 30.1 Å². The molecule has 0 bridgehead atoms. The van der Waals surface area contributed by atoms with Crippen LogP contribution in [0.3, 0.4) is 0 Å². The Hall–Kier alpha value is -1.69. The molecule has 0 radical (unpaired) electrons. The van der Waals surface area contributed by atoms with Crippen molar-refractivity contribution in [3.05, 3.63) is 57.8 Å². The largest absolute Gasteiger partial charge is 0.343 e. The summed E-state index contributed by atoms with van der Waals surface area (Å²) < 4.78 is 0. The molecule has 29 heavy (non-hydrogen) atoms. The number of amides is 1. The lowest BCUT2D eigenvalue weighted by atomic mass is 9.86. The molecule has 3 rings (SSSR count). The first-order valence-electron chi connectivity index (χ1n) is 10.9. The van der Waals surface area contributed by atoms with Crippen LogP contribution in [0.4, 0.5) is 0 Å². The number of hydrogen-bond donors (Lipinski definition) is 3. The number of quaternary nitrogens is 2. The first-order chi connectivity index (χ1) is 13.8. The third-order valence-corrected chi connectivity index (χ3v) is 7.22. The van der Waals surface area contributed by atoms with Crippen LogP contribution in [0.2, 0.25) is 0 Å². The van der Waals surface area contributed by atoms with E-state index in [-0.39, 0.29) is 17.4 Å². The molecule has 1 fully saturated rings. The minimum absolute atomic E-state index is 0.0248. The van der Waals surface area contributed by atoms with E-state index < -0.39 is 0 Å². The molecular weight excluding hydrogens is 378 g/mol. The summed E-state index contributed by atoms with van der Waals surface area (Å²) in [6.07, 6.45) is 0. The zero-order chi connectivity index (χ0) is 21.0. The summed E-state index contributed by atoms with van der Waals surface area (Å²) >= 11 is 1.81. The zero-order valence-electron chi connectivity index (χ0n) is 18.5. The van der Waals surface area contributed by atoms with Crippen LogP contribution in [0.15, 0.2) is 41.8 Å². The van der Waals surface area contributed by atoms with E-state index in [0.29, 0.717) is 6.04 Å². The molecule has 2 atom stereocenters. The summed E-state index contributed by atoms with van der Waals surface area (Å²) in [5.41, 5.74) is 2.09. The van der Waals surface area contributed by atoms with E-state index in [4.69, 9.17) is 0 Å². The fraction of sp³-hybridized carbons (Fsp3) is 0.542.